The maximum absolute atomic E-state index is 12.2. The van der Waals surface area contributed by atoms with Gasteiger partial charge in [-0.05, 0) is 24.7 Å². The minimum Gasteiger partial charge on any atom is -0.383 e. The van der Waals surface area contributed by atoms with Crippen LogP contribution in [0.25, 0.3) is 0 Å². The third kappa shape index (κ3) is 3.92. The van der Waals surface area contributed by atoms with Crippen LogP contribution in [0.3, 0.4) is 0 Å². The molecule has 2 aliphatic rings. The first kappa shape index (κ1) is 17.3. The third-order valence-electron chi connectivity index (χ3n) is 4.70. The number of methoxy groups -OCH3 is 1. The van der Waals surface area contributed by atoms with E-state index in [1.807, 2.05) is 31.6 Å². The Kier molecular flexibility index (Phi) is 5.45. The summed E-state index contributed by atoms with van der Waals surface area (Å²) in [6, 6.07) is 3.86. The molecule has 24 heavy (non-hydrogen) atoms. The molecule has 0 radical (unpaired) electrons. The Labute approximate surface area is 142 Å². The van der Waals surface area contributed by atoms with Crippen molar-refractivity contribution in [1.82, 2.24) is 20.1 Å². The summed E-state index contributed by atoms with van der Waals surface area (Å²) in [6.07, 6.45) is 3.64. The Hall–Kier alpha value is -1.54. The van der Waals surface area contributed by atoms with E-state index in [4.69, 9.17) is 9.47 Å². The van der Waals surface area contributed by atoms with Gasteiger partial charge in [0, 0.05) is 52.2 Å². The summed E-state index contributed by atoms with van der Waals surface area (Å²) in [5, 5.41) is 2.89. The molecule has 0 unspecified atom stereocenters. The molecule has 2 saturated heterocycles. The van der Waals surface area contributed by atoms with E-state index in [1.54, 1.807) is 7.11 Å². The zero-order valence-corrected chi connectivity index (χ0v) is 14.4. The first-order valence-electron chi connectivity index (χ1n) is 8.34. The molecule has 1 atom stereocenters. The van der Waals surface area contributed by atoms with Crippen molar-refractivity contribution in [1.29, 1.82) is 0 Å². The van der Waals surface area contributed by atoms with Gasteiger partial charge in [-0.25, -0.2) is 0 Å². The standard InChI is InChI=1S/C17H26N4O3/c1-20-11-17(24-10-15(20)16(22)19-7-8-23-2)12-21(13-17)9-14-3-5-18-6-4-14/h3-6,15H,7-13H2,1-2H3,(H,19,22)/t15-/m1/s1. The van der Waals surface area contributed by atoms with Crippen LogP contribution in [0.2, 0.25) is 0 Å². The van der Waals surface area contributed by atoms with E-state index in [0.29, 0.717) is 19.8 Å². The van der Waals surface area contributed by atoms with Crippen molar-refractivity contribution in [3.63, 3.8) is 0 Å². The van der Waals surface area contributed by atoms with Gasteiger partial charge in [0.25, 0.3) is 0 Å². The number of carbonyl (C=O) groups excluding carboxylic acids is 1. The number of aromatic nitrogens is 1. The maximum atomic E-state index is 12.2. The van der Waals surface area contributed by atoms with E-state index >= 15 is 0 Å². The van der Waals surface area contributed by atoms with Crippen molar-refractivity contribution >= 4 is 5.91 Å². The Morgan fingerprint density at radius 1 is 1.42 bits per heavy atom. The van der Waals surface area contributed by atoms with Gasteiger partial charge >= 0.3 is 0 Å². The number of hydrogen-bond donors (Lipinski definition) is 1. The average molecular weight is 334 g/mol. The number of nitrogens with zero attached hydrogens (tertiary/aromatic N) is 3. The van der Waals surface area contributed by atoms with Crippen molar-refractivity contribution in [2.45, 2.75) is 18.2 Å². The summed E-state index contributed by atoms with van der Waals surface area (Å²) in [6.45, 7) is 5.00. The number of likely N-dealkylation sites (N-methyl/N-ethyl adjacent to an activating group) is 1. The van der Waals surface area contributed by atoms with Gasteiger partial charge in [-0.2, -0.15) is 0 Å². The molecule has 0 bridgehead atoms. The fourth-order valence-corrected chi connectivity index (χ4v) is 3.48. The molecule has 3 rings (SSSR count). The molecule has 0 aliphatic carbocycles. The molecule has 1 spiro atoms. The smallest absolute Gasteiger partial charge is 0.239 e. The van der Waals surface area contributed by atoms with Crippen molar-refractivity contribution < 1.29 is 14.3 Å². The summed E-state index contributed by atoms with van der Waals surface area (Å²) in [7, 11) is 3.62. The van der Waals surface area contributed by atoms with E-state index in [1.165, 1.54) is 5.56 Å². The lowest BCUT2D eigenvalue weighted by molar-refractivity contribution is -0.198. The minimum absolute atomic E-state index is 0.0114. The highest BCUT2D eigenvalue weighted by molar-refractivity contribution is 5.82. The molecule has 7 heteroatoms. The molecule has 132 valence electrons. The number of amides is 1. The quantitative estimate of drug-likeness (QED) is 0.723. The highest BCUT2D eigenvalue weighted by Gasteiger charge is 2.49. The van der Waals surface area contributed by atoms with Gasteiger partial charge in [-0.15, -0.1) is 0 Å². The Balaban J connectivity index is 1.45. The normalized spacial score (nSPS) is 23.8. The topological polar surface area (TPSA) is 66.9 Å². The second-order valence-electron chi connectivity index (χ2n) is 6.71. The highest BCUT2D eigenvalue weighted by atomic mass is 16.5. The third-order valence-corrected chi connectivity index (χ3v) is 4.70. The molecule has 1 aromatic rings. The second kappa shape index (κ2) is 7.57. The van der Waals surface area contributed by atoms with Gasteiger partial charge in [0.05, 0.1) is 13.2 Å². The van der Waals surface area contributed by atoms with Crippen molar-refractivity contribution in [3.8, 4) is 0 Å². The molecular formula is C17H26N4O3. The monoisotopic (exact) mass is 334 g/mol. The molecule has 7 nitrogen and oxygen atoms in total. The molecule has 2 fully saturated rings. The highest BCUT2D eigenvalue weighted by Crippen LogP contribution is 2.31. The zero-order valence-electron chi connectivity index (χ0n) is 14.4. The van der Waals surface area contributed by atoms with Crippen molar-refractivity contribution in [2.75, 3.05) is 53.6 Å². The van der Waals surface area contributed by atoms with Gasteiger partial charge in [0.15, 0.2) is 0 Å². The van der Waals surface area contributed by atoms with Crippen LogP contribution in [0.1, 0.15) is 5.56 Å². The first-order valence-corrected chi connectivity index (χ1v) is 8.34. The van der Waals surface area contributed by atoms with Crippen molar-refractivity contribution in [3.05, 3.63) is 30.1 Å². The molecule has 1 aromatic heterocycles. The lowest BCUT2D eigenvalue weighted by Crippen LogP contribution is -2.72. The lowest BCUT2D eigenvalue weighted by Gasteiger charge is -2.55. The van der Waals surface area contributed by atoms with Crippen LogP contribution in [0.4, 0.5) is 0 Å². The van der Waals surface area contributed by atoms with Gasteiger partial charge < -0.3 is 14.8 Å². The summed E-state index contributed by atoms with van der Waals surface area (Å²) in [5.41, 5.74) is 1.13. The fraction of sp³-hybridized carbons (Fsp3) is 0.647. The summed E-state index contributed by atoms with van der Waals surface area (Å²) in [4.78, 5) is 20.7. The number of pyridine rings is 1. The number of nitrogens with one attached hydrogen (secondary N) is 1. The molecular weight excluding hydrogens is 308 g/mol. The summed E-state index contributed by atoms with van der Waals surface area (Å²) >= 11 is 0. The maximum Gasteiger partial charge on any atom is 0.239 e. The second-order valence-corrected chi connectivity index (χ2v) is 6.71. The largest absolute Gasteiger partial charge is 0.383 e. The van der Waals surface area contributed by atoms with E-state index in [2.05, 4.69) is 20.1 Å². The van der Waals surface area contributed by atoms with Gasteiger partial charge in [-0.1, -0.05) is 0 Å². The molecule has 2 aliphatic heterocycles. The number of hydrogen-bond acceptors (Lipinski definition) is 6. The first-order chi connectivity index (χ1) is 11.6. The van der Waals surface area contributed by atoms with Crippen LogP contribution in [0, 0.1) is 0 Å². The van der Waals surface area contributed by atoms with E-state index in [9.17, 15) is 4.79 Å². The molecule has 3 heterocycles. The van der Waals surface area contributed by atoms with Crippen LogP contribution >= 0.6 is 0 Å². The predicted molar refractivity (Wildman–Crippen MR) is 89.5 cm³/mol. The van der Waals surface area contributed by atoms with E-state index in [-0.39, 0.29) is 17.6 Å². The predicted octanol–water partition coefficient (Wildman–Crippen LogP) is -0.271. The number of ether oxygens (including phenoxy) is 2. The van der Waals surface area contributed by atoms with E-state index < -0.39 is 0 Å². The van der Waals surface area contributed by atoms with Gasteiger partial charge in [0.1, 0.15) is 11.6 Å². The average Bonchev–Trinajstić information content (AvgIpc) is 2.54. The van der Waals surface area contributed by atoms with Crippen LogP contribution in [0.15, 0.2) is 24.5 Å². The van der Waals surface area contributed by atoms with Crippen LogP contribution in [-0.2, 0) is 20.8 Å². The molecule has 0 saturated carbocycles. The SMILES string of the molecule is COCCNC(=O)[C@H]1COC2(CN(Cc3ccncc3)C2)CN1C. The molecule has 1 N–H and O–H groups in total. The minimum atomic E-state index is -0.221. The van der Waals surface area contributed by atoms with Crippen molar-refractivity contribution in [2.24, 2.45) is 0 Å². The number of likely N-dealkylation sites (tertiary alicyclic amines) is 1. The van der Waals surface area contributed by atoms with E-state index in [0.717, 1.165) is 26.2 Å². The lowest BCUT2D eigenvalue weighted by atomic mass is 9.90. The summed E-state index contributed by atoms with van der Waals surface area (Å²) in [5.74, 6) is 0.0114. The Morgan fingerprint density at radius 3 is 2.83 bits per heavy atom. The Morgan fingerprint density at radius 2 is 2.17 bits per heavy atom. The molecule has 1 amide bonds. The fourth-order valence-electron chi connectivity index (χ4n) is 3.48. The Bertz CT molecular complexity index is 548. The zero-order chi connectivity index (χ0) is 17.0. The molecule has 0 aromatic carbocycles. The van der Waals surface area contributed by atoms with Gasteiger partial charge in [0.2, 0.25) is 5.91 Å². The number of rotatable bonds is 6. The van der Waals surface area contributed by atoms with Crippen LogP contribution < -0.4 is 5.32 Å². The number of morpholine rings is 1. The summed E-state index contributed by atoms with van der Waals surface area (Å²) < 4.78 is 11.0. The van der Waals surface area contributed by atoms with Gasteiger partial charge in [-0.3, -0.25) is 19.6 Å². The number of carbonyl (C=O) groups is 1. The van der Waals surface area contributed by atoms with Crippen LogP contribution in [0.5, 0.6) is 0 Å². The van der Waals surface area contributed by atoms with Crippen LogP contribution in [-0.4, -0.2) is 85.9 Å².